The van der Waals surface area contributed by atoms with E-state index < -0.39 is 25.3 Å². The first-order valence-corrected chi connectivity index (χ1v) is 5.98. The Kier molecular flexibility index (Phi) is 5.82. The van der Waals surface area contributed by atoms with Gasteiger partial charge >= 0.3 is 6.18 Å². The molecule has 0 aromatic heterocycles. The number of hydrogen-bond donors (Lipinski definition) is 1. The molecule has 0 spiro atoms. The normalized spacial score (nSPS) is 11.5. The molecule has 0 fully saturated rings. The molecule has 20 heavy (non-hydrogen) atoms. The molecular weight excluding hydrogens is 275 g/mol. The Morgan fingerprint density at radius 3 is 2.55 bits per heavy atom. The highest BCUT2D eigenvalue weighted by atomic mass is 19.4. The Hall–Kier alpha value is -1.76. The van der Waals surface area contributed by atoms with Crippen LogP contribution in [0.1, 0.15) is 25.3 Å². The highest BCUT2D eigenvalue weighted by Gasteiger charge is 2.28. The fourth-order valence-electron chi connectivity index (χ4n) is 1.46. The number of halogens is 3. The number of hydroxylamine groups is 1. The van der Waals surface area contributed by atoms with E-state index in [1.165, 1.54) is 0 Å². The summed E-state index contributed by atoms with van der Waals surface area (Å²) >= 11 is 0. The van der Waals surface area contributed by atoms with E-state index in [1.807, 2.05) is 26.0 Å². The van der Waals surface area contributed by atoms with Crippen LogP contribution in [-0.2, 0) is 9.63 Å². The first-order chi connectivity index (χ1) is 9.29. The maximum absolute atomic E-state index is 11.8. The Balaban J connectivity index is 2.42. The summed E-state index contributed by atoms with van der Waals surface area (Å²) in [6, 6.07) is 7.14. The van der Waals surface area contributed by atoms with E-state index in [1.54, 1.807) is 17.6 Å². The van der Waals surface area contributed by atoms with E-state index >= 15 is 0 Å². The van der Waals surface area contributed by atoms with Gasteiger partial charge in [0.05, 0.1) is 0 Å². The third kappa shape index (κ3) is 5.92. The van der Waals surface area contributed by atoms with Gasteiger partial charge in [-0.1, -0.05) is 32.0 Å². The summed E-state index contributed by atoms with van der Waals surface area (Å²) in [5.41, 5.74) is 2.59. The van der Waals surface area contributed by atoms with Crippen LogP contribution < -0.4 is 10.2 Å². The molecule has 112 valence electrons. The van der Waals surface area contributed by atoms with Crippen molar-refractivity contribution in [3.05, 3.63) is 29.8 Å². The Morgan fingerprint density at radius 1 is 1.30 bits per heavy atom. The molecule has 0 saturated heterocycles. The lowest BCUT2D eigenvalue weighted by molar-refractivity contribution is -0.192. The van der Waals surface area contributed by atoms with E-state index in [2.05, 4.69) is 4.84 Å². The molecule has 0 aliphatic carbocycles. The number of nitrogens with one attached hydrogen (secondary N) is 1. The molecule has 0 saturated carbocycles. The van der Waals surface area contributed by atoms with Crippen molar-refractivity contribution in [2.24, 2.45) is 0 Å². The number of carbonyl (C=O) groups is 1. The van der Waals surface area contributed by atoms with Crippen LogP contribution in [0.25, 0.3) is 0 Å². The summed E-state index contributed by atoms with van der Waals surface area (Å²) in [5, 5.41) is 0. The Morgan fingerprint density at radius 2 is 1.95 bits per heavy atom. The molecule has 1 rings (SSSR count). The lowest BCUT2D eigenvalue weighted by atomic mass is 10.0. The molecule has 0 atom stereocenters. The van der Waals surface area contributed by atoms with Crippen molar-refractivity contribution in [2.45, 2.75) is 25.9 Å². The van der Waals surface area contributed by atoms with Crippen LogP contribution >= 0.6 is 0 Å². The molecule has 1 N–H and O–H groups in total. The van der Waals surface area contributed by atoms with E-state index in [0.29, 0.717) is 5.75 Å². The van der Waals surface area contributed by atoms with Crippen LogP contribution in [0.3, 0.4) is 0 Å². The summed E-state index contributed by atoms with van der Waals surface area (Å²) < 4.78 is 40.6. The third-order valence-electron chi connectivity index (χ3n) is 2.32. The Bertz CT molecular complexity index is 447. The van der Waals surface area contributed by atoms with Crippen molar-refractivity contribution in [2.75, 3.05) is 13.2 Å². The smallest absolute Gasteiger partial charge is 0.414 e. The van der Waals surface area contributed by atoms with Crippen LogP contribution in [0.5, 0.6) is 5.75 Å². The van der Waals surface area contributed by atoms with Gasteiger partial charge in [0.1, 0.15) is 5.75 Å². The van der Waals surface area contributed by atoms with E-state index in [4.69, 9.17) is 4.74 Å². The molecular formula is C13H16F3NO3. The Labute approximate surface area is 114 Å². The molecule has 0 unspecified atom stereocenters. The number of ether oxygens (including phenoxy) is 1. The van der Waals surface area contributed by atoms with Gasteiger partial charge in [0.15, 0.2) is 13.2 Å². The fraction of sp³-hybridized carbons (Fsp3) is 0.462. The second-order valence-corrected chi connectivity index (χ2v) is 4.41. The fourth-order valence-corrected chi connectivity index (χ4v) is 1.46. The zero-order valence-corrected chi connectivity index (χ0v) is 11.2. The molecule has 0 radical (unpaired) electrons. The number of amides is 1. The maximum Gasteiger partial charge on any atom is 0.414 e. The predicted molar refractivity (Wildman–Crippen MR) is 66.2 cm³/mol. The molecule has 1 amide bonds. The third-order valence-corrected chi connectivity index (χ3v) is 2.32. The van der Waals surface area contributed by atoms with E-state index in [9.17, 15) is 18.0 Å². The van der Waals surface area contributed by atoms with Crippen molar-refractivity contribution < 1.29 is 27.5 Å². The predicted octanol–water partition coefficient (Wildman–Crippen LogP) is 2.80. The number of rotatable bonds is 6. The van der Waals surface area contributed by atoms with Crippen LogP contribution in [0.4, 0.5) is 13.2 Å². The zero-order chi connectivity index (χ0) is 15.2. The van der Waals surface area contributed by atoms with Gasteiger partial charge in [-0.2, -0.15) is 13.2 Å². The molecule has 1 aromatic rings. The molecule has 1 aromatic carbocycles. The van der Waals surface area contributed by atoms with Gasteiger partial charge in [-0.25, -0.2) is 5.48 Å². The van der Waals surface area contributed by atoms with Gasteiger partial charge in [-0.3, -0.25) is 9.63 Å². The van der Waals surface area contributed by atoms with Crippen LogP contribution in [-0.4, -0.2) is 25.3 Å². The lowest BCUT2D eigenvalue weighted by Crippen LogP contribution is -2.32. The molecule has 4 nitrogen and oxygen atoms in total. The van der Waals surface area contributed by atoms with Gasteiger partial charge < -0.3 is 4.74 Å². The maximum atomic E-state index is 11.8. The average molecular weight is 291 g/mol. The number of carbonyl (C=O) groups excluding carboxylic acids is 1. The lowest BCUT2D eigenvalue weighted by Gasteiger charge is -2.13. The molecule has 0 bridgehead atoms. The van der Waals surface area contributed by atoms with Crippen molar-refractivity contribution in [3.63, 3.8) is 0 Å². The van der Waals surface area contributed by atoms with Crippen LogP contribution in [0.2, 0.25) is 0 Å². The summed E-state index contributed by atoms with van der Waals surface area (Å²) in [6.45, 7) is 1.98. The standard InChI is InChI=1S/C13H16F3NO3/c1-9(2)10-5-3-4-6-11(10)19-7-12(18)17-20-8-13(14,15)16/h3-6,9H,7-8H2,1-2H3,(H,17,18). The molecule has 0 aliphatic rings. The highest BCUT2D eigenvalue weighted by molar-refractivity contribution is 5.76. The van der Waals surface area contributed by atoms with Gasteiger partial charge in [-0.05, 0) is 17.5 Å². The number of benzene rings is 1. The van der Waals surface area contributed by atoms with Gasteiger partial charge in [0.2, 0.25) is 0 Å². The topological polar surface area (TPSA) is 47.6 Å². The van der Waals surface area contributed by atoms with Crippen molar-refractivity contribution in [1.82, 2.24) is 5.48 Å². The first kappa shape index (κ1) is 16.3. The minimum atomic E-state index is -4.49. The van der Waals surface area contributed by atoms with Crippen molar-refractivity contribution in [1.29, 1.82) is 0 Å². The van der Waals surface area contributed by atoms with Gasteiger partial charge in [0.25, 0.3) is 5.91 Å². The number of alkyl halides is 3. The van der Waals surface area contributed by atoms with Crippen LogP contribution in [0, 0.1) is 0 Å². The molecule has 0 heterocycles. The minimum Gasteiger partial charge on any atom is -0.483 e. The van der Waals surface area contributed by atoms with Gasteiger partial charge in [0, 0.05) is 0 Å². The number of para-hydroxylation sites is 1. The SMILES string of the molecule is CC(C)c1ccccc1OCC(=O)NOCC(F)(F)F. The summed E-state index contributed by atoms with van der Waals surface area (Å²) in [5.74, 6) is -0.0583. The summed E-state index contributed by atoms with van der Waals surface area (Å²) in [4.78, 5) is 15.3. The second kappa shape index (κ2) is 7.14. The van der Waals surface area contributed by atoms with E-state index in [0.717, 1.165) is 5.56 Å². The van der Waals surface area contributed by atoms with Crippen molar-refractivity contribution in [3.8, 4) is 5.75 Å². The van der Waals surface area contributed by atoms with E-state index in [-0.39, 0.29) is 5.92 Å². The quantitative estimate of drug-likeness (QED) is 0.820. The molecule has 7 heteroatoms. The van der Waals surface area contributed by atoms with Crippen LogP contribution in [0.15, 0.2) is 24.3 Å². The molecule has 0 aliphatic heterocycles. The first-order valence-electron chi connectivity index (χ1n) is 5.98. The minimum absolute atomic E-state index is 0.204. The van der Waals surface area contributed by atoms with Gasteiger partial charge in [-0.15, -0.1) is 0 Å². The summed E-state index contributed by atoms with van der Waals surface area (Å²) in [6.07, 6.45) is -4.49. The van der Waals surface area contributed by atoms with Crippen molar-refractivity contribution >= 4 is 5.91 Å². The average Bonchev–Trinajstić information content (AvgIpc) is 2.35. The monoisotopic (exact) mass is 291 g/mol. The number of hydrogen-bond acceptors (Lipinski definition) is 3. The highest BCUT2D eigenvalue weighted by Crippen LogP contribution is 2.25. The summed E-state index contributed by atoms with van der Waals surface area (Å²) in [7, 11) is 0. The largest absolute Gasteiger partial charge is 0.483 e. The zero-order valence-electron chi connectivity index (χ0n) is 11.2. The second-order valence-electron chi connectivity index (χ2n) is 4.41.